The maximum atomic E-state index is 12.2. The van der Waals surface area contributed by atoms with Crippen molar-refractivity contribution in [2.75, 3.05) is 0 Å². The van der Waals surface area contributed by atoms with Gasteiger partial charge in [-0.2, -0.15) is 0 Å². The highest BCUT2D eigenvalue weighted by atomic mass is 16.4. The molecular formula is C16H13NO3. The number of H-pyrrole nitrogens is 1. The summed E-state index contributed by atoms with van der Waals surface area (Å²) in [5.74, 6) is 0. The highest BCUT2D eigenvalue weighted by Crippen LogP contribution is 2.29. The lowest BCUT2D eigenvalue weighted by Gasteiger charge is -2.17. The van der Waals surface area contributed by atoms with Gasteiger partial charge in [0.15, 0.2) is 0 Å². The number of aromatic amines is 1. The van der Waals surface area contributed by atoms with E-state index in [0.29, 0.717) is 5.58 Å². The molecule has 0 aliphatic heterocycles. The molecule has 0 saturated heterocycles. The summed E-state index contributed by atoms with van der Waals surface area (Å²) in [6.07, 6.45) is 3.93. The zero-order valence-electron chi connectivity index (χ0n) is 10.9. The van der Waals surface area contributed by atoms with Crippen molar-refractivity contribution in [3.05, 3.63) is 56.3 Å². The van der Waals surface area contributed by atoms with E-state index in [1.165, 1.54) is 0 Å². The summed E-state index contributed by atoms with van der Waals surface area (Å²) in [6.45, 7) is 0. The van der Waals surface area contributed by atoms with Crippen molar-refractivity contribution in [2.24, 2.45) is 0 Å². The second-order valence-corrected chi connectivity index (χ2v) is 5.25. The molecule has 2 heterocycles. The molecule has 0 atom stereocenters. The fourth-order valence-electron chi connectivity index (χ4n) is 3.19. The number of aryl methyl sites for hydroxylation is 2. The Hall–Kier alpha value is -2.36. The van der Waals surface area contributed by atoms with Gasteiger partial charge in [0.25, 0.3) is 5.56 Å². The van der Waals surface area contributed by atoms with Crippen LogP contribution in [-0.2, 0) is 12.8 Å². The van der Waals surface area contributed by atoms with Crippen LogP contribution < -0.4 is 11.2 Å². The van der Waals surface area contributed by atoms with Crippen molar-refractivity contribution in [1.82, 2.24) is 4.98 Å². The van der Waals surface area contributed by atoms with Crippen molar-refractivity contribution in [1.29, 1.82) is 0 Å². The van der Waals surface area contributed by atoms with Gasteiger partial charge in [-0.3, -0.25) is 4.79 Å². The molecule has 1 aliphatic carbocycles. The smallest absolute Gasteiger partial charge is 0.349 e. The van der Waals surface area contributed by atoms with Gasteiger partial charge in [-0.15, -0.1) is 0 Å². The summed E-state index contributed by atoms with van der Waals surface area (Å²) in [7, 11) is 0. The molecular weight excluding hydrogens is 254 g/mol. The summed E-state index contributed by atoms with van der Waals surface area (Å²) in [5, 5.41) is 1.80. The number of pyridine rings is 1. The van der Waals surface area contributed by atoms with Gasteiger partial charge in [-0.25, -0.2) is 4.79 Å². The number of rotatable bonds is 0. The maximum absolute atomic E-state index is 12.2. The Morgan fingerprint density at radius 1 is 1.00 bits per heavy atom. The van der Waals surface area contributed by atoms with Crippen LogP contribution in [-0.4, -0.2) is 4.98 Å². The number of para-hydroxylation sites is 1. The molecule has 2 aromatic heterocycles. The van der Waals surface area contributed by atoms with E-state index in [4.69, 9.17) is 4.42 Å². The van der Waals surface area contributed by atoms with Crippen LogP contribution in [0.4, 0.5) is 0 Å². The molecule has 100 valence electrons. The molecule has 0 radical (unpaired) electrons. The molecule has 0 spiro atoms. The van der Waals surface area contributed by atoms with Crippen LogP contribution in [0.3, 0.4) is 0 Å². The second-order valence-electron chi connectivity index (χ2n) is 5.25. The Balaban J connectivity index is 2.35. The fraction of sp³-hybridized carbons (Fsp3) is 0.250. The van der Waals surface area contributed by atoms with Gasteiger partial charge in [0, 0.05) is 16.5 Å². The van der Waals surface area contributed by atoms with Gasteiger partial charge in [-0.1, -0.05) is 18.2 Å². The van der Waals surface area contributed by atoms with Crippen LogP contribution in [0.15, 0.2) is 38.3 Å². The largest absolute Gasteiger partial charge is 0.422 e. The Morgan fingerprint density at radius 3 is 2.70 bits per heavy atom. The van der Waals surface area contributed by atoms with Crippen LogP contribution in [0, 0.1) is 0 Å². The summed E-state index contributed by atoms with van der Waals surface area (Å²) in [6, 6.07) is 7.41. The third-order valence-corrected chi connectivity index (χ3v) is 4.07. The highest BCUT2D eigenvalue weighted by molar-refractivity contribution is 6.06. The SMILES string of the molecule is O=c1[nH]c2c(c3c1c(=O)oc1ccccc13)CCCC2. The first-order chi connectivity index (χ1) is 9.75. The van der Waals surface area contributed by atoms with Crippen molar-refractivity contribution >= 4 is 21.7 Å². The van der Waals surface area contributed by atoms with Crippen LogP contribution in [0.5, 0.6) is 0 Å². The zero-order chi connectivity index (χ0) is 13.7. The van der Waals surface area contributed by atoms with E-state index in [-0.39, 0.29) is 10.9 Å². The number of benzene rings is 1. The van der Waals surface area contributed by atoms with Crippen LogP contribution in [0.1, 0.15) is 24.1 Å². The Morgan fingerprint density at radius 2 is 1.80 bits per heavy atom. The van der Waals surface area contributed by atoms with Crippen LogP contribution in [0.2, 0.25) is 0 Å². The van der Waals surface area contributed by atoms with Gasteiger partial charge in [0.1, 0.15) is 11.0 Å². The molecule has 0 bridgehead atoms. The van der Waals surface area contributed by atoms with Crippen LogP contribution in [0.25, 0.3) is 21.7 Å². The minimum atomic E-state index is -0.548. The zero-order valence-corrected chi connectivity index (χ0v) is 10.9. The van der Waals surface area contributed by atoms with Gasteiger partial charge in [0.05, 0.1) is 0 Å². The molecule has 1 aromatic carbocycles. The molecule has 4 nitrogen and oxygen atoms in total. The number of aromatic nitrogens is 1. The van der Waals surface area contributed by atoms with E-state index in [1.807, 2.05) is 18.2 Å². The Kier molecular flexibility index (Phi) is 2.33. The Bertz CT molecular complexity index is 949. The Labute approximate surface area is 114 Å². The van der Waals surface area contributed by atoms with E-state index in [2.05, 4.69) is 4.98 Å². The molecule has 0 amide bonds. The molecule has 1 aliphatic rings. The quantitative estimate of drug-likeness (QED) is 0.503. The predicted octanol–water partition coefficient (Wildman–Crippen LogP) is 2.51. The average Bonchev–Trinajstić information content (AvgIpc) is 2.46. The van der Waals surface area contributed by atoms with E-state index in [1.54, 1.807) is 6.07 Å². The topological polar surface area (TPSA) is 63.1 Å². The van der Waals surface area contributed by atoms with E-state index < -0.39 is 5.63 Å². The maximum Gasteiger partial charge on any atom is 0.349 e. The standard InChI is InChI=1S/C16H13NO3/c18-15-14-13(9-5-1-3-7-11(9)17-15)10-6-2-4-8-12(10)20-16(14)19/h2,4,6,8H,1,3,5,7H2,(H,17,18). The van der Waals surface area contributed by atoms with Crippen molar-refractivity contribution in [3.8, 4) is 0 Å². The molecule has 20 heavy (non-hydrogen) atoms. The first-order valence-corrected chi connectivity index (χ1v) is 6.85. The molecule has 4 heteroatoms. The normalized spacial score (nSPS) is 14.6. The second kappa shape index (κ2) is 4.07. The first-order valence-electron chi connectivity index (χ1n) is 6.85. The lowest BCUT2D eigenvalue weighted by atomic mass is 9.91. The highest BCUT2D eigenvalue weighted by Gasteiger charge is 2.19. The predicted molar refractivity (Wildman–Crippen MR) is 77.3 cm³/mol. The minimum absolute atomic E-state index is 0.157. The molecule has 1 N–H and O–H groups in total. The number of hydrogen-bond acceptors (Lipinski definition) is 3. The third-order valence-electron chi connectivity index (χ3n) is 4.07. The fourth-order valence-corrected chi connectivity index (χ4v) is 3.19. The van der Waals surface area contributed by atoms with E-state index in [0.717, 1.165) is 47.7 Å². The number of hydrogen-bond donors (Lipinski definition) is 1. The average molecular weight is 267 g/mol. The van der Waals surface area contributed by atoms with Gasteiger partial charge in [0.2, 0.25) is 0 Å². The third kappa shape index (κ3) is 1.48. The monoisotopic (exact) mass is 267 g/mol. The molecule has 0 saturated carbocycles. The summed E-state index contributed by atoms with van der Waals surface area (Å²) in [5.41, 5.74) is 1.75. The summed E-state index contributed by atoms with van der Waals surface area (Å²) >= 11 is 0. The van der Waals surface area contributed by atoms with E-state index in [9.17, 15) is 9.59 Å². The molecule has 4 rings (SSSR count). The molecule has 0 unspecified atom stereocenters. The number of fused-ring (bicyclic) bond motifs is 5. The first kappa shape index (κ1) is 11.5. The van der Waals surface area contributed by atoms with Crippen LogP contribution >= 0.6 is 0 Å². The van der Waals surface area contributed by atoms with Gasteiger partial charge < -0.3 is 9.40 Å². The number of nitrogens with one attached hydrogen (secondary N) is 1. The molecule has 0 fully saturated rings. The van der Waals surface area contributed by atoms with E-state index >= 15 is 0 Å². The lowest BCUT2D eigenvalue weighted by molar-refractivity contribution is 0.568. The van der Waals surface area contributed by atoms with Crippen molar-refractivity contribution in [2.45, 2.75) is 25.7 Å². The van der Waals surface area contributed by atoms with Gasteiger partial charge >= 0.3 is 5.63 Å². The van der Waals surface area contributed by atoms with Crippen molar-refractivity contribution < 1.29 is 4.42 Å². The lowest BCUT2D eigenvalue weighted by Crippen LogP contribution is -2.21. The van der Waals surface area contributed by atoms with Gasteiger partial charge in [-0.05, 0) is 37.3 Å². The molecule has 3 aromatic rings. The summed E-state index contributed by atoms with van der Waals surface area (Å²) < 4.78 is 5.27. The summed E-state index contributed by atoms with van der Waals surface area (Å²) in [4.78, 5) is 27.2. The van der Waals surface area contributed by atoms with Crippen molar-refractivity contribution in [3.63, 3.8) is 0 Å². The minimum Gasteiger partial charge on any atom is -0.422 e.